The molecular weight excluding hydrogens is 646 g/mol. The Morgan fingerprint density at radius 1 is 1.00 bits per heavy atom. The maximum Gasteiger partial charge on any atom is 0.343 e. The minimum absolute atomic E-state index is 0.0110. The van der Waals surface area contributed by atoms with Crippen LogP contribution in [0.2, 0.25) is 0 Å². The van der Waals surface area contributed by atoms with Gasteiger partial charge in [0, 0.05) is 44.5 Å². The molecule has 12 nitrogen and oxygen atoms in total. The lowest BCUT2D eigenvalue weighted by atomic mass is 10.1. The molecule has 3 aromatic rings. The molecule has 4 N–H and O–H groups in total. The predicted molar refractivity (Wildman–Crippen MR) is 205 cm³/mol. The average Bonchev–Trinajstić information content (AvgIpc) is 3.54. The number of ether oxygens (including phenoxy) is 1. The van der Waals surface area contributed by atoms with Gasteiger partial charge < -0.3 is 24.4 Å². The van der Waals surface area contributed by atoms with Crippen LogP contribution in [0.15, 0.2) is 47.3 Å². The quantitative estimate of drug-likeness (QED) is 0.100. The molecule has 0 atom stereocenters. The standard InChI is InChI=1S/C16H22N6O2.C12H25NO.C9H12O.C2H4O/c1-2-21(17)16(24)20-10-8-13(9-11-20)22-15(23)18-14(19-22)12-6-4-3-5-7-12;1-3-5-9-13(8-4-2)12-6-10-14-11-7-12;1-6-4-7(2)9(10)8(3)5-6;1-2-3/h3-7,13H,2,8-11,17H2,1H3,(H,18,19,23);12H,3-11H2,1-2H3;4-5,10H,1-3H3;2H,1H3. The van der Waals surface area contributed by atoms with Crippen LogP contribution in [0.1, 0.15) is 95.4 Å². The average molecular weight is 710 g/mol. The second-order valence-electron chi connectivity index (χ2n) is 13.1. The lowest BCUT2D eigenvalue weighted by Crippen LogP contribution is -2.50. The van der Waals surface area contributed by atoms with Crippen LogP contribution in [0.25, 0.3) is 11.4 Å². The molecule has 284 valence electrons. The summed E-state index contributed by atoms with van der Waals surface area (Å²) < 4.78 is 6.91. The summed E-state index contributed by atoms with van der Waals surface area (Å²) in [6.45, 7) is 19.8. The Morgan fingerprint density at radius 3 is 2.12 bits per heavy atom. The number of rotatable bonds is 9. The molecule has 2 amide bonds. The fraction of sp³-hybridized carbons (Fsp3) is 0.590. The van der Waals surface area contributed by atoms with E-state index in [9.17, 15) is 14.7 Å². The Morgan fingerprint density at radius 2 is 1.59 bits per heavy atom. The number of aldehydes is 1. The zero-order valence-electron chi connectivity index (χ0n) is 32.1. The number of nitrogens with one attached hydrogen (secondary N) is 1. The number of piperidine rings is 1. The number of H-pyrrole nitrogens is 1. The van der Waals surface area contributed by atoms with Crippen molar-refractivity contribution in [3.05, 3.63) is 69.6 Å². The summed E-state index contributed by atoms with van der Waals surface area (Å²) in [7, 11) is 0. The molecule has 51 heavy (non-hydrogen) atoms. The van der Waals surface area contributed by atoms with Gasteiger partial charge in [0.15, 0.2) is 5.82 Å². The number of phenolic OH excluding ortho intramolecular Hbond substituents is 1. The second-order valence-corrected chi connectivity index (χ2v) is 13.1. The van der Waals surface area contributed by atoms with E-state index in [1.165, 1.54) is 67.4 Å². The van der Waals surface area contributed by atoms with Crippen molar-refractivity contribution in [3.63, 3.8) is 0 Å². The summed E-state index contributed by atoms with van der Waals surface area (Å²) in [6.07, 6.45) is 8.53. The normalized spacial score (nSPS) is 14.7. The molecule has 2 saturated heterocycles. The largest absolute Gasteiger partial charge is 0.507 e. The SMILES string of the molecule is CC=O.CCCCN(CCC)C1CCOCC1.CCN(N)C(=O)N1CCC(n2nc(-c3ccccc3)[nH]c2=O)CC1.Cc1cc(C)c(O)c(C)c1. The molecule has 0 aliphatic carbocycles. The van der Waals surface area contributed by atoms with Crippen molar-refractivity contribution in [3.8, 4) is 17.1 Å². The molecule has 0 spiro atoms. The zero-order valence-corrected chi connectivity index (χ0v) is 32.1. The first-order chi connectivity index (χ1) is 24.5. The van der Waals surface area contributed by atoms with Crippen LogP contribution in [0, 0.1) is 20.8 Å². The van der Waals surface area contributed by atoms with Crippen molar-refractivity contribution in [1.29, 1.82) is 0 Å². The number of aromatic hydroxyl groups is 1. The van der Waals surface area contributed by atoms with E-state index in [0.29, 0.717) is 44.0 Å². The summed E-state index contributed by atoms with van der Waals surface area (Å²) in [5.74, 6) is 6.64. The van der Waals surface area contributed by atoms with E-state index in [2.05, 4.69) is 28.8 Å². The van der Waals surface area contributed by atoms with Crippen LogP contribution in [-0.4, -0.2) is 99.0 Å². The number of benzene rings is 2. The number of likely N-dealkylation sites (tertiary alicyclic amines) is 1. The second kappa shape index (κ2) is 23.5. The highest BCUT2D eigenvalue weighted by Gasteiger charge is 2.27. The number of aromatic nitrogens is 3. The molecule has 1 aromatic heterocycles. The first-order valence-electron chi connectivity index (χ1n) is 18.5. The molecule has 2 aromatic carbocycles. The van der Waals surface area contributed by atoms with Crippen LogP contribution < -0.4 is 11.5 Å². The topological polar surface area (TPSA) is 150 Å². The van der Waals surface area contributed by atoms with Crippen molar-refractivity contribution in [1.82, 2.24) is 29.6 Å². The molecule has 2 aliphatic heterocycles. The molecular formula is C39H63N7O5. The van der Waals surface area contributed by atoms with E-state index in [1.807, 2.05) is 70.2 Å². The number of nitrogens with two attached hydrogens (primary N) is 1. The molecule has 12 heteroatoms. The highest BCUT2D eigenvalue weighted by atomic mass is 16.5. The van der Waals surface area contributed by atoms with Gasteiger partial charge in [0.1, 0.15) is 12.0 Å². The maximum atomic E-state index is 12.2. The Kier molecular flexibility index (Phi) is 19.9. The van der Waals surface area contributed by atoms with Crippen LogP contribution in [0.3, 0.4) is 0 Å². The first kappa shape index (κ1) is 43.2. The third kappa shape index (κ3) is 14.3. The monoisotopic (exact) mass is 709 g/mol. The van der Waals surface area contributed by atoms with Gasteiger partial charge in [-0.05, 0) is 97.4 Å². The van der Waals surface area contributed by atoms with Gasteiger partial charge in [0.05, 0.1) is 6.04 Å². The van der Waals surface area contributed by atoms with Gasteiger partial charge in [0.2, 0.25) is 0 Å². The highest BCUT2D eigenvalue weighted by molar-refractivity contribution is 5.73. The maximum absolute atomic E-state index is 12.2. The minimum Gasteiger partial charge on any atom is -0.507 e. The van der Waals surface area contributed by atoms with Gasteiger partial charge >= 0.3 is 11.7 Å². The lowest BCUT2D eigenvalue weighted by molar-refractivity contribution is -0.106. The van der Waals surface area contributed by atoms with Gasteiger partial charge in [-0.3, -0.25) is 9.99 Å². The molecule has 0 radical (unpaired) electrons. The summed E-state index contributed by atoms with van der Waals surface area (Å²) in [5.41, 5.74) is 3.78. The number of unbranched alkanes of at least 4 members (excludes halogenated alkanes) is 1. The van der Waals surface area contributed by atoms with E-state index < -0.39 is 0 Å². The molecule has 0 saturated carbocycles. The highest BCUT2D eigenvalue weighted by Crippen LogP contribution is 2.23. The van der Waals surface area contributed by atoms with E-state index in [4.69, 9.17) is 15.4 Å². The first-order valence-corrected chi connectivity index (χ1v) is 18.5. The van der Waals surface area contributed by atoms with Gasteiger partial charge in [-0.1, -0.05) is 68.3 Å². The van der Waals surface area contributed by atoms with Crippen LogP contribution >= 0.6 is 0 Å². The number of hydrogen-bond acceptors (Lipinski definition) is 8. The van der Waals surface area contributed by atoms with Gasteiger partial charge in [0.25, 0.3) is 0 Å². The summed E-state index contributed by atoms with van der Waals surface area (Å²) in [6, 6.07) is 14.1. The Labute approximate surface area is 304 Å². The van der Waals surface area contributed by atoms with E-state index in [-0.39, 0.29) is 17.8 Å². The van der Waals surface area contributed by atoms with Crippen molar-refractivity contribution < 1.29 is 19.4 Å². The minimum atomic E-state index is -0.215. The summed E-state index contributed by atoms with van der Waals surface area (Å²) in [5, 5.41) is 15.0. The fourth-order valence-electron chi connectivity index (χ4n) is 6.28. The van der Waals surface area contributed by atoms with Gasteiger partial charge in [-0.25, -0.2) is 20.1 Å². The number of amides is 2. The molecule has 0 unspecified atom stereocenters. The molecule has 5 rings (SSSR count). The third-order valence-electron chi connectivity index (χ3n) is 9.01. The van der Waals surface area contributed by atoms with Gasteiger partial charge in [-0.15, -0.1) is 5.10 Å². The fourth-order valence-corrected chi connectivity index (χ4v) is 6.28. The number of aryl methyl sites for hydroxylation is 3. The van der Waals surface area contributed by atoms with E-state index in [0.717, 1.165) is 42.2 Å². The molecule has 3 heterocycles. The van der Waals surface area contributed by atoms with Crippen molar-refractivity contribution in [2.45, 2.75) is 105 Å². The third-order valence-corrected chi connectivity index (χ3v) is 9.01. The number of urea groups is 1. The lowest BCUT2D eigenvalue weighted by Gasteiger charge is -2.34. The van der Waals surface area contributed by atoms with Crippen molar-refractivity contribution in [2.24, 2.45) is 5.84 Å². The zero-order chi connectivity index (χ0) is 37.8. The molecule has 2 aliphatic rings. The Balaban J connectivity index is 0.000000282. The molecule has 0 bridgehead atoms. The number of hydrazine groups is 1. The number of aromatic amines is 1. The van der Waals surface area contributed by atoms with E-state index >= 15 is 0 Å². The number of carbonyl (C=O) groups is 2. The van der Waals surface area contributed by atoms with Crippen LogP contribution in [-0.2, 0) is 9.53 Å². The van der Waals surface area contributed by atoms with E-state index in [1.54, 1.807) is 4.90 Å². The smallest absolute Gasteiger partial charge is 0.343 e. The Bertz CT molecular complexity index is 1460. The van der Waals surface area contributed by atoms with Gasteiger partial charge in [-0.2, -0.15) is 0 Å². The summed E-state index contributed by atoms with van der Waals surface area (Å²) >= 11 is 0. The number of hydrogen-bond donors (Lipinski definition) is 3. The van der Waals surface area contributed by atoms with Crippen molar-refractivity contribution >= 4 is 12.3 Å². The summed E-state index contributed by atoms with van der Waals surface area (Å²) in [4.78, 5) is 40.3. The van der Waals surface area contributed by atoms with Crippen LogP contribution in [0.5, 0.6) is 5.75 Å². The van der Waals surface area contributed by atoms with Crippen molar-refractivity contribution in [2.75, 3.05) is 45.9 Å². The number of nitrogens with zero attached hydrogens (tertiary/aromatic N) is 5. The van der Waals surface area contributed by atoms with Crippen LogP contribution in [0.4, 0.5) is 4.79 Å². The Hall–Kier alpha value is -4.00. The predicted octanol–water partition coefficient (Wildman–Crippen LogP) is 6.39. The molecule has 2 fully saturated rings. The number of phenols is 1. The number of carbonyl (C=O) groups excluding carboxylic acids is 2.